The summed E-state index contributed by atoms with van der Waals surface area (Å²) in [6.07, 6.45) is 12.0. The van der Waals surface area contributed by atoms with Crippen molar-refractivity contribution in [3.63, 3.8) is 0 Å². The number of rotatable bonds is 53. The molecule has 0 aromatic heterocycles. The first-order chi connectivity index (χ1) is 40.6. The van der Waals surface area contributed by atoms with Crippen molar-refractivity contribution in [1.82, 2.24) is 5.32 Å². The molecule has 6 unspecified atom stereocenters. The van der Waals surface area contributed by atoms with Crippen LogP contribution in [0.4, 0.5) is 5.69 Å². The molecule has 0 heterocycles. The van der Waals surface area contributed by atoms with Crippen LogP contribution < -0.4 is 10.6 Å². The summed E-state index contributed by atoms with van der Waals surface area (Å²) in [6.45, 7) is 13.5. The maximum atomic E-state index is 15.2. The summed E-state index contributed by atoms with van der Waals surface area (Å²) >= 11 is 0. The lowest BCUT2D eigenvalue weighted by Gasteiger charge is -2.47. The quantitative estimate of drug-likeness (QED) is 0.0205. The number of hydrogen-bond donors (Lipinski definition) is 2. The second-order valence-electron chi connectivity index (χ2n) is 22.1. The van der Waals surface area contributed by atoms with Crippen molar-refractivity contribution in [2.75, 3.05) is 134 Å². The lowest BCUT2D eigenvalue weighted by Crippen LogP contribution is -2.64. The van der Waals surface area contributed by atoms with E-state index in [1.165, 1.54) is 28.4 Å². The van der Waals surface area contributed by atoms with Gasteiger partial charge in [-0.1, -0.05) is 72.9 Å². The van der Waals surface area contributed by atoms with Crippen molar-refractivity contribution in [3.05, 3.63) is 54.5 Å². The van der Waals surface area contributed by atoms with E-state index < -0.39 is 85.2 Å². The van der Waals surface area contributed by atoms with E-state index in [9.17, 15) is 19.2 Å². The van der Waals surface area contributed by atoms with Gasteiger partial charge >= 0.3 is 5.97 Å². The van der Waals surface area contributed by atoms with E-state index in [2.05, 4.69) is 31.4 Å². The number of anilines is 1. The minimum atomic E-state index is -1.63. The van der Waals surface area contributed by atoms with E-state index in [-0.39, 0.29) is 38.8 Å². The number of aldehydes is 2. The Morgan fingerprint density at radius 2 is 1.01 bits per heavy atom. The second-order valence-corrected chi connectivity index (χ2v) is 22.1. The molecule has 0 saturated heterocycles. The lowest BCUT2D eigenvalue weighted by atomic mass is 9.55. The van der Waals surface area contributed by atoms with E-state index in [0.717, 1.165) is 63.1 Å². The minimum Gasteiger partial charge on any atom is -0.499 e. The van der Waals surface area contributed by atoms with Crippen LogP contribution in [0.1, 0.15) is 131 Å². The number of methoxy groups -OCH3 is 4. The average Bonchev–Trinajstić information content (AvgIpc) is 1.95. The summed E-state index contributed by atoms with van der Waals surface area (Å²) < 4.78 is 87.7. The maximum Gasteiger partial charge on any atom is 0.338 e. The van der Waals surface area contributed by atoms with Gasteiger partial charge in [-0.3, -0.25) is 9.59 Å². The molecule has 1 aromatic rings. The van der Waals surface area contributed by atoms with Crippen molar-refractivity contribution < 1.29 is 95.0 Å². The zero-order valence-corrected chi connectivity index (χ0v) is 52.3. The third-order valence-electron chi connectivity index (χ3n) is 13.7. The lowest BCUT2D eigenvalue weighted by molar-refractivity contribution is -0.240. The van der Waals surface area contributed by atoms with Gasteiger partial charge in [0.1, 0.15) is 70.7 Å². The highest BCUT2D eigenvalue weighted by Gasteiger charge is 2.53. The zero-order valence-electron chi connectivity index (χ0n) is 52.3. The smallest absolute Gasteiger partial charge is 0.338 e. The number of hydrogen-bond acceptors (Lipinski definition) is 20. The van der Waals surface area contributed by atoms with Gasteiger partial charge in [0.15, 0.2) is 12.2 Å². The number of unbranched alkanes of at least 4 members (excludes halogenated alkanes) is 4. The molecule has 22 heteroatoms. The van der Waals surface area contributed by atoms with Crippen LogP contribution in [-0.4, -0.2) is 189 Å². The van der Waals surface area contributed by atoms with Crippen LogP contribution in [0.5, 0.6) is 0 Å². The van der Waals surface area contributed by atoms with Gasteiger partial charge in [-0.05, 0) is 94.1 Å². The molecule has 1 aliphatic carbocycles. The van der Waals surface area contributed by atoms with E-state index in [4.69, 9.17) is 71.1 Å². The highest BCUT2D eigenvalue weighted by atomic mass is 16.7. The predicted molar refractivity (Wildman–Crippen MR) is 315 cm³/mol. The fraction of sp³-hybridized carbons (Fsp3) is 0.758. The number of nitrogens with one attached hydrogen (secondary N) is 2. The fourth-order valence-electron chi connectivity index (χ4n) is 9.79. The van der Waals surface area contributed by atoms with Gasteiger partial charge in [-0.25, -0.2) is 4.79 Å². The van der Waals surface area contributed by atoms with Crippen molar-refractivity contribution >= 4 is 36.0 Å². The molecular formula is C62H104N2O20. The van der Waals surface area contributed by atoms with Crippen LogP contribution in [-0.2, 0) is 101 Å². The largest absolute Gasteiger partial charge is 0.499 e. The SMILES string of the molecule is CCCCOCCC=COCC(COC=CCCOCCCC)(COCCCCOCCCC)NC(=O)C(OCOC)C(OCOC)C(OCOC)C(OCOC)C(=O)OCCc1ccc(NC(=O)C2(C)CC(C)(C=O)CC(C)(C=O)C2)cc1. The molecule has 22 nitrogen and oxygen atoms in total. The van der Waals surface area contributed by atoms with E-state index in [1.807, 2.05) is 12.2 Å². The standard InChI is InChI=1S/C62H104N2O20/c1-11-14-28-74-31-17-20-34-77-43-62(44-78-35-21-18-32-75-29-15-12-2,45-79-36-22-19-33-76-30-16-13-3)64-56(67)54(83-48-72-9)52(81-46-70-7)53(82-47-71-8)55(84-49-73-10)57(68)80-37-27-50-23-25-51(26-24-50)63-58(69)61(6)39-59(4,41-65)38-60(5,40-61)42-66/h20-21,23-26,34-35,41-42,52-55H,11-19,22,27-33,36-40,43-49H2,1-10H3,(H,63,69)(H,64,67). The Balaban J connectivity index is 2.52. The van der Waals surface area contributed by atoms with Crippen LogP contribution in [0.2, 0.25) is 0 Å². The molecule has 1 fully saturated rings. The van der Waals surface area contributed by atoms with Crippen LogP contribution in [0.15, 0.2) is 48.9 Å². The Bertz CT molecular complexity index is 1930. The molecule has 482 valence electrons. The first-order valence-electron chi connectivity index (χ1n) is 29.7. The van der Waals surface area contributed by atoms with Gasteiger partial charge in [0.05, 0.1) is 39.0 Å². The highest BCUT2D eigenvalue weighted by Crippen LogP contribution is 2.53. The first kappa shape index (κ1) is 75.7. The molecule has 1 saturated carbocycles. The molecule has 6 atom stereocenters. The minimum absolute atomic E-state index is 0.0751. The average molecular weight is 1200 g/mol. The molecule has 0 bridgehead atoms. The Kier molecular flexibility index (Phi) is 40.5. The van der Waals surface area contributed by atoms with Gasteiger partial charge in [0, 0.05) is 89.8 Å². The van der Waals surface area contributed by atoms with Gasteiger partial charge in [-0.2, -0.15) is 0 Å². The van der Waals surface area contributed by atoms with Gasteiger partial charge in [0.2, 0.25) is 5.91 Å². The van der Waals surface area contributed by atoms with E-state index in [1.54, 1.807) is 57.6 Å². The summed E-state index contributed by atoms with van der Waals surface area (Å²) in [5.74, 6) is -1.96. The Hall–Kier alpha value is -4.43. The molecule has 0 aliphatic heterocycles. The van der Waals surface area contributed by atoms with Crippen LogP contribution in [0.25, 0.3) is 0 Å². The third-order valence-corrected chi connectivity index (χ3v) is 13.7. The number of carbonyl (C=O) groups is 5. The van der Waals surface area contributed by atoms with Crippen molar-refractivity contribution in [1.29, 1.82) is 0 Å². The highest BCUT2D eigenvalue weighted by molar-refractivity contribution is 5.96. The molecule has 84 heavy (non-hydrogen) atoms. The normalized spacial score (nSPS) is 20.2. The van der Waals surface area contributed by atoms with Gasteiger partial charge in [0.25, 0.3) is 5.91 Å². The van der Waals surface area contributed by atoms with E-state index >= 15 is 4.79 Å². The van der Waals surface area contributed by atoms with Crippen molar-refractivity contribution in [3.8, 4) is 0 Å². The Labute approximate surface area is 500 Å². The molecule has 0 radical (unpaired) electrons. The monoisotopic (exact) mass is 1200 g/mol. The van der Waals surface area contributed by atoms with Crippen LogP contribution >= 0.6 is 0 Å². The number of benzene rings is 1. The fourth-order valence-corrected chi connectivity index (χ4v) is 9.79. The molecule has 2 amide bonds. The Morgan fingerprint density at radius 1 is 0.560 bits per heavy atom. The molecule has 2 N–H and O–H groups in total. The summed E-state index contributed by atoms with van der Waals surface area (Å²) in [6, 6.07) is 6.99. The summed E-state index contributed by atoms with van der Waals surface area (Å²) in [5, 5.41) is 6.08. The predicted octanol–water partition coefficient (Wildman–Crippen LogP) is 8.21. The topological polar surface area (TPSA) is 248 Å². The van der Waals surface area contributed by atoms with Crippen molar-refractivity contribution in [2.24, 2.45) is 16.2 Å². The third kappa shape index (κ3) is 30.3. The molecular weight excluding hydrogens is 1090 g/mol. The van der Waals surface area contributed by atoms with Crippen molar-refractivity contribution in [2.45, 2.75) is 161 Å². The molecule has 0 spiro atoms. The van der Waals surface area contributed by atoms with E-state index in [0.29, 0.717) is 90.5 Å². The number of amides is 2. The Morgan fingerprint density at radius 3 is 1.50 bits per heavy atom. The summed E-state index contributed by atoms with van der Waals surface area (Å²) in [5.41, 5.74) is -2.77. The number of ether oxygens (including phenoxy) is 15. The molecule has 1 aliphatic rings. The van der Waals surface area contributed by atoms with Crippen LogP contribution in [0.3, 0.4) is 0 Å². The first-order valence-corrected chi connectivity index (χ1v) is 29.7. The zero-order chi connectivity index (χ0) is 61.8. The van der Waals surface area contributed by atoms with Crippen LogP contribution in [0, 0.1) is 16.2 Å². The number of carbonyl (C=O) groups excluding carboxylic acids is 5. The number of esters is 1. The second kappa shape index (κ2) is 44.9. The van der Waals surface area contributed by atoms with Gasteiger partial charge in [-0.15, -0.1) is 0 Å². The summed E-state index contributed by atoms with van der Waals surface area (Å²) in [7, 11) is 5.52. The van der Waals surface area contributed by atoms with Gasteiger partial charge < -0.3 is 91.3 Å². The molecule has 2 rings (SSSR count). The molecule has 1 aromatic carbocycles. The summed E-state index contributed by atoms with van der Waals surface area (Å²) in [4.78, 5) is 67.6. The maximum absolute atomic E-state index is 15.2.